The number of fused-ring (bicyclic) bond motifs is 1. The zero-order valence-electron chi connectivity index (χ0n) is 21.1. The average Bonchev–Trinajstić information content (AvgIpc) is 3.30. The van der Waals surface area contributed by atoms with Crippen molar-refractivity contribution in [2.75, 3.05) is 32.5 Å². The van der Waals surface area contributed by atoms with Gasteiger partial charge in [0.05, 0.1) is 17.7 Å². The van der Waals surface area contributed by atoms with Crippen LogP contribution in [0, 0.1) is 11.8 Å². The first-order valence-electron chi connectivity index (χ1n) is 12.7. The lowest BCUT2D eigenvalue weighted by atomic mass is 9.79. The maximum Gasteiger partial charge on any atom is 0.303 e. The Morgan fingerprint density at radius 3 is 2.89 bits per heavy atom. The van der Waals surface area contributed by atoms with Crippen molar-refractivity contribution in [2.45, 2.75) is 43.3 Å². The highest BCUT2D eigenvalue weighted by Crippen LogP contribution is 2.36. The van der Waals surface area contributed by atoms with Gasteiger partial charge in [-0.05, 0) is 86.0 Å². The van der Waals surface area contributed by atoms with Crippen molar-refractivity contribution in [3.05, 3.63) is 54.4 Å². The maximum absolute atomic E-state index is 15.5. The summed E-state index contributed by atoms with van der Waals surface area (Å²) in [4.78, 5) is 18.1. The molecule has 194 valence electrons. The van der Waals surface area contributed by atoms with Crippen LogP contribution in [0.5, 0.6) is 5.75 Å². The van der Waals surface area contributed by atoms with Crippen molar-refractivity contribution in [3.8, 4) is 5.75 Å². The van der Waals surface area contributed by atoms with Crippen LogP contribution in [0.1, 0.15) is 43.8 Å². The number of methoxy groups -OCH3 is 1. The summed E-state index contributed by atoms with van der Waals surface area (Å²) in [5, 5.41) is 11.3. The summed E-state index contributed by atoms with van der Waals surface area (Å²) < 4.78 is 23.0. The number of halogens is 1. The Morgan fingerprint density at radius 1 is 1.28 bits per heavy atom. The van der Waals surface area contributed by atoms with E-state index in [9.17, 15) is 9.90 Å². The molecule has 1 aliphatic rings. The number of carbonyl (C=O) groups is 1. The van der Waals surface area contributed by atoms with E-state index in [-0.39, 0.29) is 12.3 Å². The lowest BCUT2D eigenvalue weighted by Gasteiger charge is -2.39. The number of carboxylic acid groups (broad SMARTS) is 1. The molecule has 0 bridgehead atoms. The number of hydrogen-bond acceptors (Lipinski definition) is 5. The van der Waals surface area contributed by atoms with Gasteiger partial charge in [0.1, 0.15) is 11.9 Å². The maximum atomic E-state index is 15.5. The quantitative estimate of drug-likeness (QED) is 0.301. The number of nitrogens with zero attached hydrogens (tertiary/aromatic N) is 3. The highest BCUT2D eigenvalue weighted by atomic mass is 32.2. The van der Waals surface area contributed by atoms with Crippen molar-refractivity contribution in [2.24, 2.45) is 18.9 Å². The van der Waals surface area contributed by atoms with Crippen LogP contribution in [-0.4, -0.2) is 58.0 Å². The minimum absolute atomic E-state index is 0.168. The largest absolute Gasteiger partial charge is 0.497 e. The van der Waals surface area contributed by atoms with Crippen LogP contribution >= 0.6 is 11.8 Å². The Balaban J connectivity index is 1.36. The highest BCUT2D eigenvalue weighted by molar-refractivity contribution is 7.99. The number of thioether (sulfide) groups is 1. The third kappa shape index (κ3) is 6.79. The molecule has 1 N–H and O–H groups in total. The molecule has 0 unspecified atom stereocenters. The number of piperidine rings is 1. The molecule has 2 aromatic heterocycles. The number of aromatic nitrogens is 2. The third-order valence-corrected chi connectivity index (χ3v) is 8.48. The number of ether oxygens (including phenoxy) is 1. The second-order valence-corrected chi connectivity index (χ2v) is 10.8. The zero-order chi connectivity index (χ0) is 25.5. The Morgan fingerprint density at radius 2 is 2.14 bits per heavy atom. The van der Waals surface area contributed by atoms with E-state index in [1.165, 1.54) is 5.03 Å². The first kappa shape index (κ1) is 26.5. The predicted octanol–water partition coefficient (Wildman–Crippen LogP) is 5.97. The van der Waals surface area contributed by atoms with E-state index in [1.54, 1.807) is 19.4 Å². The van der Waals surface area contributed by atoms with Gasteiger partial charge in [-0.25, -0.2) is 4.39 Å². The average molecular weight is 514 g/mol. The number of rotatable bonds is 12. The Kier molecular flexibility index (Phi) is 9.26. The van der Waals surface area contributed by atoms with Gasteiger partial charge in [-0.2, -0.15) is 0 Å². The van der Waals surface area contributed by atoms with Crippen molar-refractivity contribution < 1.29 is 19.0 Å². The lowest BCUT2D eigenvalue weighted by Crippen LogP contribution is -2.41. The molecule has 1 aromatic carbocycles. The topological polar surface area (TPSA) is 67.6 Å². The lowest BCUT2D eigenvalue weighted by molar-refractivity contribution is -0.137. The molecule has 1 saturated heterocycles. The molecule has 1 fully saturated rings. The number of aliphatic carboxylic acids is 1. The predicted molar refractivity (Wildman–Crippen MR) is 142 cm³/mol. The van der Waals surface area contributed by atoms with Crippen molar-refractivity contribution in [3.63, 3.8) is 0 Å². The Labute approximate surface area is 216 Å². The molecular formula is C28H36FN3O3S. The van der Waals surface area contributed by atoms with Crippen LogP contribution in [-0.2, 0) is 11.8 Å². The first-order valence-corrected chi connectivity index (χ1v) is 13.7. The Bertz CT molecular complexity index is 1150. The first-order chi connectivity index (χ1) is 17.4. The van der Waals surface area contributed by atoms with Gasteiger partial charge in [-0.3, -0.25) is 9.78 Å². The number of likely N-dealkylation sites (tertiary alicyclic amines) is 1. The van der Waals surface area contributed by atoms with Crippen LogP contribution in [0.3, 0.4) is 0 Å². The van der Waals surface area contributed by atoms with Crippen LogP contribution in [0.15, 0.2) is 53.8 Å². The number of alkyl halides is 1. The molecule has 3 heterocycles. The molecule has 3 aromatic rings. The number of hydrogen-bond donors (Lipinski definition) is 1. The van der Waals surface area contributed by atoms with Gasteiger partial charge in [-0.15, -0.1) is 11.8 Å². The van der Waals surface area contributed by atoms with Crippen molar-refractivity contribution in [1.82, 2.24) is 14.5 Å². The van der Waals surface area contributed by atoms with Crippen molar-refractivity contribution in [1.29, 1.82) is 0 Å². The minimum atomic E-state index is -1.09. The fourth-order valence-corrected chi connectivity index (χ4v) is 6.31. The number of carboxylic acids is 1. The van der Waals surface area contributed by atoms with Gasteiger partial charge in [0.25, 0.3) is 0 Å². The summed E-state index contributed by atoms with van der Waals surface area (Å²) in [7, 11) is 3.66. The molecule has 0 spiro atoms. The SMILES string of the molecule is COc1ccc2nccc([C@H](F)CC[C@@H]3CCN(CCSc4cccn4C)C[C@H]3CCC(=O)O)c2c1. The zero-order valence-corrected chi connectivity index (χ0v) is 21.9. The van der Waals surface area contributed by atoms with Crippen LogP contribution in [0.4, 0.5) is 4.39 Å². The van der Waals surface area contributed by atoms with E-state index >= 15 is 4.39 Å². The molecule has 0 aliphatic carbocycles. The summed E-state index contributed by atoms with van der Waals surface area (Å²) in [6.45, 7) is 2.84. The summed E-state index contributed by atoms with van der Waals surface area (Å²) >= 11 is 1.85. The molecular weight excluding hydrogens is 477 g/mol. The van der Waals surface area contributed by atoms with Gasteiger partial charge < -0.3 is 19.3 Å². The van der Waals surface area contributed by atoms with Crippen LogP contribution in [0.2, 0.25) is 0 Å². The van der Waals surface area contributed by atoms with Crippen LogP contribution < -0.4 is 4.74 Å². The number of pyridine rings is 1. The van der Waals surface area contributed by atoms with Gasteiger partial charge in [0, 0.05) is 50.1 Å². The highest BCUT2D eigenvalue weighted by Gasteiger charge is 2.30. The second kappa shape index (κ2) is 12.6. The molecule has 0 amide bonds. The number of benzene rings is 1. The fraction of sp³-hybridized carbons (Fsp3) is 0.500. The summed E-state index contributed by atoms with van der Waals surface area (Å²) in [6.07, 6.45) is 5.60. The van der Waals surface area contributed by atoms with E-state index < -0.39 is 12.1 Å². The van der Waals surface area contributed by atoms with Gasteiger partial charge >= 0.3 is 5.97 Å². The molecule has 6 nitrogen and oxygen atoms in total. The fourth-order valence-electron chi connectivity index (χ4n) is 5.31. The summed E-state index contributed by atoms with van der Waals surface area (Å²) in [5.41, 5.74) is 1.41. The van der Waals surface area contributed by atoms with E-state index in [1.807, 2.05) is 30.0 Å². The Hall–Kier alpha value is -2.58. The van der Waals surface area contributed by atoms with Gasteiger partial charge in [0.15, 0.2) is 0 Å². The molecule has 0 radical (unpaired) electrons. The standard InChI is InChI=1S/C28H36FN3O3S/c1-31-14-3-4-27(31)36-17-16-32-15-12-20(21(19-32)6-10-28(33)34)5-8-25(29)23-11-13-30-26-9-7-22(35-2)18-24(23)26/h3-4,7,9,11,13-14,18,20-21,25H,5-6,8,10,12,15-17,19H2,1-2H3,(H,33,34)/t20-,21-,25-/m1/s1. The van der Waals surface area contributed by atoms with E-state index in [2.05, 4.69) is 39.8 Å². The molecule has 4 rings (SSSR count). The molecule has 8 heteroatoms. The molecule has 36 heavy (non-hydrogen) atoms. The minimum Gasteiger partial charge on any atom is -0.497 e. The molecule has 0 saturated carbocycles. The van der Waals surface area contributed by atoms with Crippen molar-refractivity contribution >= 4 is 28.6 Å². The monoisotopic (exact) mass is 513 g/mol. The number of aryl methyl sites for hydroxylation is 1. The van der Waals surface area contributed by atoms with E-state index in [0.29, 0.717) is 30.1 Å². The van der Waals surface area contributed by atoms with Gasteiger partial charge in [-0.1, -0.05) is 0 Å². The normalized spacial score (nSPS) is 19.4. The molecule has 3 atom stereocenters. The van der Waals surface area contributed by atoms with E-state index in [4.69, 9.17) is 4.74 Å². The second-order valence-electron chi connectivity index (χ2n) is 9.68. The molecule has 1 aliphatic heterocycles. The van der Waals surface area contributed by atoms with E-state index in [0.717, 1.165) is 49.1 Å². The summed E-state index contributed by atoms with van der Waals surface area (Å²) in [5.74, 6) is 1.54. The van der Waals surface area contributed by atoms with Crippen LogP contribution in [0.25, 0.3) is 10.9 Å². The third-order valence-electron chi connectivity index (χ3n) is 7.37. The smallest absolute Gasteiger partial charge is 0.303 e. The summed E-state index contributed by atoms with van der Waals surface area (Å²) in [6, 6.07) is 11.5. The van der Waals surface area contributed by atoms with Gasteiger partial charge in [0.2, 0.25) is 0 Å².